The molecule has 86 valence electrons. The lowest BCUT2D eigenvalue weighted by Gasteiger charge is -2.19. The van der Waals surface area contributed by atoms with Gasteiger partial charge in [0.1, 0.15) is 5.75 Å². The summed E-state index contributed by atoms with van der Waals surface area (Å²) in [6.07, 6.45) is 2.52. The van der Waals surface area contributed by atoms with E-state index in [0.29, 0.717) is 12.3 Å². The Hall–Kier alpha value is -1.49. The van der Waals surface area contributed by atoms with E-state index in [1.807, 2.05) is 30.3 Å². The second-order valence-corrected chi connectivity index (χ2v) is 4.38. The van der Waals surface area contributed by atoms with Crippen LogP contribution in [0.15, 0.2) is 30.3 Å². The molecule has 1 rings (SSSR count). The minimum atomic E-state index is 0.155. The Kier molecular flexibility index (Phi) is 5.42. The third kappa shape index (κ3) is 4.84. The third-order valence-electron chi connectivity index (χ3n) is 2.36. The molecule has 0 spiro atoms. The molecule has 0 aliphatic carbocycles. The van der Waals surface area contributed by atoms with Crippen LogP contribution in [0.1, 0.15) is 33.1 Å². The first kappa shape index (κ1) is 12.6. The van der Waals surface area contributed by atoms with Gasteiger partial charge in [0, 0.05) is 6.42 Å². The Bertz CT molecular complexity index is 326. The number of hydrogen-bond donors (Lipinski definition) is 0. The summed E-state index contributed by atoms with van der Waals surface area (Å²) in [6, 6.07) is 12.0. The Labute approximate surface area is 97.9 Å². The van der Waals surface area contributed by atoms with E-state index in [1.165, 1.54) is 0 Å². The molecule has 0 saturated carbocycles. The fraction of sp³-hybridized carbons (Fsp3) is 0.500. The van der Waals surface area contributed by atoms with Crippen LogP contribution in [0.5, 0.6) is 5.75 Å². The molecule has 0 bridgehead atoms. The number of benzene rings is 1. The van der Waals surface area contributed by atoms with Crippen molar-refractivity contribution in [3.63, 3.8) is 0 Å². The van der Waals surface area contributed by atoms with Gasteiger partial charge in [-0.1, -0.05) is 32.0 Å². The van der Waals surface area contributed by atoms with E-state index in [1.54, 1.807) is 0 Å². The molecule has 1 unspecified atom stereocenters. The van der Waals surface area contributed by atoms with Gasteiger partial charge in [0.05, 0.1) is 12.2 Å². The van der Waals surface area contributed by atoms with Crippen LogP contribution in [0, 0.1) is 17.2 Å². The molecule has 0 N–H and O–H groups in total. The highest BCUT2D eigenvalue weighted by Crippen LogP contribution is 2.18. The zero-order valence-electron chi connectivity index (χ0n) is 10.0. The predicted octanol–water partition coefficient (Wildman–Crippen LogP) is 3.78. The van der Waals surface area contributed by atoms with Crippen LogP contribution < -0.4 is 4.74 Å². The van der Waals surface area contributed by atoms with E-state index in [2.05, 4.69) is 19.9 Å². The molecule has 0 aliphatic rings. The molecule has 2 nitrogen and oxygen atoms in total. The molecule has 1 atom stereocenters. The van der Waals surface area contributed by atoms with Gasteiger partial charge in [-0.3, -0.25) is 0 Å². The maximum absolute atomic E-state index is 8.61. The van der Waals surface area contributed by atoms with Crippen LogP contribution in [-0.4, -0.2) is 6.10 Å². The molecule has 0 amide bonds. The first-order valence-corrected chi connectivity index (χ1v) is 5.81. The summed E-state index contributed by atoms with van der Waals surface area (Å²) < 4.78 is 5.88. The molecule has 2 heteroatoms. The van der Waals surface area contributed by atoms with Crippen molar-refractivity contribution in [2.24, 2.45) is 5.92 Å². The van der Waals surface area contributed by atoms with Crippen LogP contribution >= 0.6 is 0 Å². The molecule has 0 radical (unpaired) electrons. The van der Waals surface area contributed by atoms with E-state index in [9.17, 15) is 0 Å². The second-order valence-electron chi connectivity index (χ2n) is 4.38. The highest BCUT2D eigenvalue weighted by molar-refractivity contribution is 5.21. The Balaban J connectivity index is 2.53. The average molecular weight is 217 g/mol. The molecule has 16 heavy (non-hydrogen) atoms. The topological polar surface area (TPSA) is 33.0 Å². The molecule has 0 aliphatic heterocycles. The van der Waals surface area contributed by atoms with Crippen molar-refractivity contribution in [2.75, 3.05) is 0 Å². The number of nitrogens with zero attached hydrogens (tertiary/aromatic N) is 1. The summed E-state index contributed by atoms with van der Waals surface area (Å²) >= 11 is 0. The fourth-order valence-corrected chi connectivity index (χ4v) is 1.67. The Morgan fingerprint density at radius 3 is 2.50 bits per heavy atom. The van der Waals surface area contributed by atoms with Gasteiger partial charge in [-0.25, -0.2) is 0 Å². The Morgan fingerprint density at radius 1 is 1.25 bits per heavy atom. The van der Waals surface area contributed by atoms with Crippen molar-refractivity contribution < 1.29 is 4.74 Å². The minimum Gasteiger partial charge on any atom is -0.490 e. The van der Waals surface area contributed by atoms with Crippen LogP contribution in [0.3, 0.4) is 0 Å². The number of rotatable bonds is 6. The van der Waals surface area contributed by atoms with Crippen LogP contribution in [0.4, 0.5) is 0 Å². The predicted molar refractivity (Wildman–Crippen MR) is 65.2 cm³/mol. The molecule has 0 heterocycles. The summed E-state index contributed by atoms with van der Waals surface area (Å²) in [5.41, 5.74) is 0. The van der Waals surface area contributed by atoms with E-state index in [0.717, 1.165) is 18.6 Å². The summed E-state index contributed by atoms with van der Waals surface area (Å²) in [5, 5.41) is 8.61. The summed E-state index contributed by atoms with van der Waals surface area (Å²) in [5.74, 6) is 1.48. The van der Waals surface area contributed by atoms with Gasteiger partial charge in [0.2, 0.25) is 0 Å². The number of hydrogen-bond acceptors (Lipinski definition) is 2. The first-order valence-electron chi connectivity index (χ1n) is 5.81. The standard InChI is InChI=1S/C14H19NO/c1-12(2)11-14(9-6-10-15)16-13-7-4-3-5-8-13/h3-5,7-8,12,14H,6,9,11H2,1-2H3. The van der Waals surface area contributed by atoms with E-state index in [-0.39, 0.29) is 6.10 Å². The third-order valence-corrected chi connectivity index (χ3v) is 2.36. The van der Waals surface area contributed by atoms with Gasteiger partial charge in [0.15, 0.2) is 0 Å². The van der Waals surface area contributed by atoms with Crippen LogP contribution in [0.2, 0.25) is 0 Å². The van der Waals surface area contributed by atoms with E-state index in [4.69, 9.17) is 10.00 Å². The summed E-state index contributed by atoms with van der Waals surface area (Å²) in [4.78, 5) is 0. The van der Waals surface area contributed by atoms with Crippen LogP contribution in [-0.2, 0) is 0 Å². The zero-order valence-corrected chi connectivity index (χ0v) is 10.0. The zero-order chi connectivity index (χ0) is 11.8. The maximum Gasteiger partial charge on any atom is 0.119 e. The number of ether oxygens (including phenoxy) is 1. The summed E-state index contributed by atoms with van der Waals surface area (Å²) in [6.45, 7) is 4.35. The lowest BCUT2D eigenvalue weighted by molar-refractivity contribution is 0.166. The van der Waals surface area contributed by atoms with Crippen molar-refractivity contribution in [2.45, 2.75) is 39.2 Å². The van der Waals surface area contributed by atoms with Gasteiger partial charge < -0.3 is 4.74 Å². The molecule has 1 aromatic rings. The van der Waals surface area contributed by atoms with Crippen molar-refractivity contribution >= 4 is 0 Å². The highest BCUT2D eigenvalue weighted by atomic mass is 16.5. The molecule has 0 fully saturated rings. The number of para-hydroxylation sites is 1. The van der Waals surface area contributed by atoms with E-state index >= 15 is 0 Å². The largest absolute Gasteiger partial charge is 0.490 e. The number of nitriles is 1. The van der Waals surface area contributed by atoms with Gasteiger partial charge in [-0.05, 0) is 30.9 Å². The minimum absolute atomic E-state index is 0.155. The maximum atomic E-state index is 8.61. The fourth-order valence-electron chi connectivity index (χ4n) is 1.67. The second kappa shape index (κ2) is 6.90. The molecular formula is C14H19NO. The smallest absolute Gasteiger partial charge is 0.119 e. The van der Waals surface area contributed by atoms with Crippen molar-refractivity contribution in [3.05, 3.63) is 30.3 Å². The van der Waals surface area contributed by atoms with Crippen molar-refractivity contribution in [1.82, 2.24) is 0 Å². The molecular weight excluding hydrogens is 198 g/mol. The summed E-state index contributed by atoms with van der Waals surface area (Å²) in [7, 11) is 0. The lowest BCUT2D eigenvalue weighted by Crippen LogP contribution is -2.18. The highest BCUT2D eigenvalue weighted by Gasteiger charge is 2.12. The molecule has 0 saturated heterocycles. The quantitative estimate of drug-likeness (QED) is 0.726. The van der Waals surface area contributed by atoms with Crippen LogP contribution in [0.25, 0.3) is 0 Å². The molecule has 0 aromatic heterocycles. The van der Waals surface area contributed by atoms with Crippen molar-refractivity contribution in [1.29, 1.82) is 5.26 Å². The van der Waals surface area contributed by atoms with Gasteiger partial charge in [-0.2, -0.15) is 5.26 Å². The lowest BCUT2D eigenvalue weighted by atomic mass is 10.0. The monoisotopic (exact) mass is 217 g/mol. The molecule has 1 aromatic carbocycles. The first-order chi connectivity index (χ1) is 7.72. The normalized spacial score (nSPS) is 12.1. The van der Waals surface area contributed by atoms with Crippen molar-refractivity contribution in [3.8, 4) is 11.8 Å². The van der Waals surface area contributed by atoms with Gasteiger partial charge in [-0.15, -0.1) is 0 Å². The SMILES string of the molecule is CC(C)CC(CCC#N)Oc1ccccc1. The van der Waals surface area contributed by atoms with Gasteiger partial charge in [0.25, 0.3) is 0 Å². The van der Waals surface area contributed by atoms with E-state index < -0.39 is 0 Å². The average Bonchev–Trinajstić information content (AvgIpc) is 2.26. The van der Waals surface area contributed by atoms with Gasteiger partial charge >= 0.3 is 0 Å². The Morgan fingerprint density at radius 2 is 1.94 bits per heavy atom.